The van der Waals surface area contributed by atoms with Crippen molar-refractivity contribution in [2.75, 3.05) is 0 Å². The number of benzene rings is 1. The summed E-state index contributed by atoms with van der Waals surface area (Å²) in [6, 6.07) is 8.92. The molecule has 2 aromatic heterocycles. The van der Waals surface area contributed by atoms with E-state index in [0.29, 0.717) is 35.3 Å². The number of carbonyl (C=O) groups is 2. The molecule has 12 heteroatoms. The maximum Gasteiger partial charge on any atom is 0.389 e. The fraction of sp³-hybridized carbons (Fsp3) is 0.517. The van der Waals surface area contributed by atoms with E-state index in [9.17, 15) is 31.5 Å². The highest BCUT2D eigenvalue weighted by molar-refractivity contribution is 5.95. The Morgan fingerprint density at radius 1 is 0.976 bits per heavy atom. The van der Waals surface area contributed by atoms with Gasteiger partial charge < -0.3 is 10.6 Å². The second-order valence-corrected chi connectivity index (χ2v) is 10.3. The number of aryl methyl sites for hydroxylation is 1. The van der Waals surface area contributed by atoms with Gasteiger partial charge in [0.05, 0.1) is 31.1 Å². The minimum Gasteiger partial charge on any atom is -0.352 e. The fourth-order valence-electron chi connectivity index (χ4n) is 3.85. The van der Waals surface area contributed by atoms with Crippen LogP contribution in [-0.4, -0.2) is 38.5 Å². The lowest BCUT2D eigenvalue weighted by molar-refractivity contribution is -0.144. The van der Waals surface area contributed by atoms with E-state index in [-0.39, 0.29) is 31.8 Å². The molecule has 0 spiro atoms. The Kier molecular flexibility index (Phi) is 11.6. The average Bonchev–Trinajstić information content (AvgIpc) is 3.75. The largest absolute Gasteiger partial charge is 0.389 e. The average molecular weight is 582 g/mol. The molecule has 41 heavy (non-hydrogen) atoms. The molecule has 2 fully saturated rings. The van der Waals surface area contributed by atoms with Gasteiger partial charge in [0.1, 0.15) is 0 Å². The van der Waals surface area contributed by atoms with Crippen LogP contribution < -0.4 is 10.6 Å². The number of hydrogen-bond donors (Lipinski definition) is 2. The minimum absolute atomic E-state index is 0.0480. The van der Waals surface area contributed by atoms with Gasteiger partial charge in [-0.15, -0.1) is 0 Å². The Balaban J connectivity index is 0.000000347. The summed E-state index contributed by atoms with van der Waals surface area (Å²) < 4.78 is 62.4. The smallest absolute Gasteiger partial charge is 0.352 e. The number of carbonyl (C=O) groups excluding carboxylic acids is 2. The number of halogens is 5. The van der Waals surface area contributed by atoms with Gasteiger partial charge in [0.25, 0.3) is 5.91 Å². The van der Waals surface area contributed by atoms with Gasteiger partial charge >= 0.3 is 6.18 Å². The molecule has 3 aromatic rings. The Bertz CT molecular complexity index is 1280. The molecule has 0 atom stereocenters. The number of hydrogen-bond acceptors (Lipinski definition) is 4. The molecule has 2 heterocycles. The molecule has 224 valence electrons. The van der Waals surface area contributed by atoms with Crippen LogP contribution in [0.25, 0.3) is 5.65 Å². The van der Waals surface area contributed by atoms with Crippen LogP contribution in [0, 0.1) is 6.92 Å². The summed E-state index contributed by atoms with van der Waals surface area (Å²) in [6.45, 7) is 2.11. The molecule has 2 amide bonds. The summed E-state index contributed by atoms with van der Waals surface area (Å²) in [5, 5.41) is 9.41. The van der Waals surface area contributed by atoms with Crippen LogP contribution in [0.4, 0.5) is 22.0 Å². The second kappa shape index (κ2) is 14.9. The van der Waals surface area contributed by atoms with Gasteiger partial charge in [-0.1, -0.05) is 43.9 Å². The van der Waals surface area contributed by atoms with E-state index >= 15 is 0 Å². The van der Waals surface area contributed by atoms with Crippen LogP contribution in [0.5, 0.6) is 0 Å². The first kappa shape index (κ1) is 32.0. The molecular weight excluding hydrogens is 545 g/mol. The predicted octanol–water partition coefficient (Wildman–Crippen LogP) is 6.68. The topological polar surface area (TPSA) is 88.4 Å². The fourth-order valence-corrected chi connectivity index (χ4v) is 3.85. The van der Waals surface area contributed by atoms with E-state index in [4.69, 9.17) is 0 Å². The summed E-state index contributed by atoms with van der Waals surface area (Å²) in [7, 11) is 0. The van der Waals surface area contributed by atoms with Gasteiger partial charge in [-0.25, -0.2) is 18.3 Å². The first-order valence-corrected chi connectivity index (χ1v) is 13.8. The summed E-state index contributed by atoms with van der Waals surface area (Å²) in [5.41, 5.74) is 3.15. The SMILES string of the molecule is C1CC1.Cc1ccccc1C(=O)NCc1cn2ncc(CNC(=O)CCC(F)(F)F)cc2n1.FC1(F)CCCCC1. The maximum absolute atomic E-state index is 12.3. The third-order valence-electron chi connectivity index (χ3n) is 6.31. The lowest BCUT2D eigenvalue weighted by Crippen LogP contribution is -2.24. The van der Waals surface area contributed by atoms with Crippen LogP contribution in [-0.2, 0) is 17.9 Å². The molecule has 0 bridgehead atoms. The van der Waals surface area contributed by atoms with Crippen molar-refractivity contribution in [1.82, 2.24) is 25.2 Å². The Morgan fingerprint density at radius 3 is 2.22 bits per heavy atom. The van der Waals surface area contributed by atoms with Crippen molar-refractivity contribution < 1.29 is 31.5 Å². The van der Waals surface area contributed by atoms with Crippen LogP contribution >= 0.6 is 0 Å². The van der Waals surface area contributed by atoms with E-state index in [0.717, 1.165) is 12.0 Å². The molecule has 5 rings (SSSR count). The zero-order valence-electron chi connectivity index (χ0n) is 23.1. The molecule has 0 saturated heterocycles. The maximum atomic E-state index is 12.3. The van der Waals surface area contributed by atoms with Gasteiger partial charge in [0, 0.05) is 31.4 Å². The van der Waals surface area contributed by atoms with E-state index in [2.05, 4.69) is 20.7 Å². The Hall–Kier alpha value is -3.57. The zero-order chi connectivity index (χ0) is 29.9. The Morgan fingerprint density at radius 2 is 1.63 bits per heavy atom. The van der Waals surface area contributed by atoms with Gasteiger partial charge in [-0.2, -0.15) is 18.3 Å². The lowest BCUT2D eigenvalue weighted by atomic mass is 9.97. The quantitative estimate of drug-likeness (QED) is 0.305. The molecule has 0 radical (unpaired) electrons. The third-order valence-corrected chi connectivity index (χ3v) is 6.31. The molecule has 7 nitrogen and oxygen atoms in total. The first-order valence-electron chi connectivity index (χ1n) is 13.8. The van der Waals surface area contributed by atoms with Crippen molar-refractivity contribution >= 4 is 17.5 Å². The monoisotopic (exact) mass is 581 g/mol. The number of amides is 2. The van der Waals surface area contributed by atoms with Gasteiger partial charge in [0.2, 0.25) is 11.8 Å². The summed E-state index contributed by atoms with van der Waals surface area (Å²) in [6.07, 6.45) is 4.18. The summed E-state index contributed by atoms with van der Waals surface area (Å²) in [4.78, 5) is 28.2. The van der Waals surface area contributed by atoms with E-state index in [1.165, 1.54) is 30.0 Å². The van der Waals surface area contributed by atoms with Gasteiger partial charge in [-0.3, -0.25) is 9.59 Å². The van der Waals surface area contributed by atoms with Crippen molar-refractivity contribution in [2.24, 2.45) is 0 Å². The van der Waals surface area contributed by atoms with Crippen molar-refractivity contribution in [3.63, 3.8) is 0 Å². The number of nitrogens with one attached hydrogen (secondary N) is 2. The first-order chi connectivity index (χ1) is 19.4. The lowest BCUT2D eigenvalue weighted by Gasteiger charge is -2.20. The van der Waals surface area contributed by atoms with Crippen LogP contribution in [0.3, 0.4) is 0 Å². The van der Waals surface area contributed by atoms with Gasteiger partial charge in [-0.05, 0) is 43.0 Å². The highest BCUT2D eigenvalue weighted by Crippen LogP contribution is 2.32. The van der Waals surface area contributed by atoms with Crippen LogP contribution in [0.2, 0.25) is 0 Å². The summed E-state index contributed by atoms with van der Waals surface area (Å²) >= 11 is 0. The molecule has 1 aromatic carbocycles. The summed E-state index contributed by atoms with van der Waals surface area (Å²) in [5.74, 6) is -3.21. The molecule has 0 aliphatic heterocycles. The van der Waals surface area contributed by atoms with E-state index < -0.39 is 30.8 Å². The van der Waals surface area contributed by atoms with Crippen molar-refractivity contribution in [3.8, 4) is 0 Å². The number of rotatable bonds is 7. The van der Waals surface area contributed by atoms with Crippen molar-refractivity contribution in [2.45, 2.75) is 96.3 Å². The van der Waals surface area contributed by atoms with E-state index in [1.807, 2.05) is 19.1 Å². The normalized spacial score (nSPS) is 15.6. The van der Waals surface area contributed by atoms with Crippen molar-refractivity contribution in [1.29, 1.82) is 0 Å². The molecule has 2 saturated carbocycles. The molecular formula is C29H36F5N5O2. The molecule has 2 aliphatic rings. The molecule has 2 N–H and O–H groups in total. The predicted molar refractivity (Wildman–Crippen MR) is 144 cm³/mol. The van der Waals surface area contributed by atoms with Crippen LogP contribution in [0.1, 0.15) is 91.4 Å². The van der Waals surface area contributed by atoms with Crippen molar-refractivity contribution in [3.05, 3.63) is 65.1 Å². The second-order valence-electron chi connectivity index (χ2n) is 10.3. The Labute approximate surface area is 235 Å². The highest BCUT2D eigenvalue weighted by atomic mass is 19.4. The number of imidazole rings is 1. The number of fused-ring (bicyclic) bond motifs is 1. The zero-order valence-corrected chi connectivity index (χ0v) is 23.1. The number of alkyl halides is 5. The number of aromatic nitrogens is 3. The molecule has 2 aliphatic carbocycles. The van der Waals surface area contributed by atoms with Crippen LogP contribution in [0.15, 0.2) is 42.7 Å². The third kappa shape index (κ3) is 12.2. The number of nitrogens with zero attached hydrogens (tertiary/aromatic N) is 3. The minimum atomic E-state index is -4.36. The highest BCUT2D eigenvalue weighted by Gasteiger charge is 2.30. The molecule has 0 unspecified atom stereocenters. The standard InChI is InChI=1S/C20H20F3N5O2.C6H10F2.C3H6/c1-13-4-2-3-5-16(13)19(30)25-11-15-12-28-17(27-15)8-14(10-26-28)9-24-18(29)6-7-20(21,22)23;7-6(8)4-2-1-3-5-6;1-2-3-1/h2-5,8,10,12H,6-7,9,11H2,1H3,(H,24,29)(H,25,30);1-5H2;1-3H2. The van der Waals surface area contributed by atoms with E-state index in [1.54, 1.807) is 24.4 Å². The van der Waals surface area contributed by atoms with Gasteiger partial charge in [0.15, 0.2) is 5.65 Å².